The molecule has 0 aliphatic rings. The Balaban J connectivity index is 2.85. The topological polar surface area (TPSA) is 40.5 Å². The Morgan fingerprint density at radius 1 is 1.44 bits per heavy atom. The normalized spacial score (nSPS) is 10.6. The molecule has 0 unspecified atom stereocenters. The third-order valence-electron chi connectivity index (χ3n) is 1.89. The van der Waals surface area contributed by atoms with Crippen LogP contribution in [0.3, 0.4) is 0 Å². The molecule has 1 amide bonds. The van der Waals surface area contributed by atoms with E-state index >= 15 is 0 Å². The van der Waals surface area contributed by atoms with Gasteiger partial charge in [0.15, 0.2) is 0 Å². The molecule has 0 saturated heterocycles. The molecule has 0 aromatic heterocycles. The third-order valence-corrected chi connectivity index (χ3v) is 2.31. The molecule has 86 valence electrons. The summed E-state index contributed by atoms with van der Waals surface area (Å²) in [6.45, 7) is 0.252. The quantitative estimate of drug-likeness (QED) is 0.663. The van der Waals surface area contributed by atoms with Gasteiger partial charge in [0, 0.05) is 23.1 Å². The minimum Gasteiger partial charge on any atom is -0.465 e. The number of hydrogen-bond donors (Lipinski definition) is 1. The Kier molecular flexibility index (Phi) is 5.15. The fourth-order valence-electron chi connectivity index (χ4n) is 1.18. The second-order valence-corrected chi connectivity index (χ2v) is 3.74. The first kappa shape index (κ1) is 12.9. The van der Waals surface area contributed by atoms with E-state index in [0.717, 1.165) is 0 Å². The number of rotatable bonds is 4. The third kappa shape index (κ3) is 3.76. The highest BCUT2D eigenvalue weighted by atomic mass is 35.5. The van der Waals surface area contributed by atoms with E-state index in [1.165, 1.54) is 4.90 Å². The van der Waals surface area contributed by atoms with Crippen LogP contribution < -0.4 is 4.90 Å². The van der Waals surface area contributed by atoms with E-state index < -0.39 is 6.09 Å². The van der Waals surface area contributed by atoms with Gasteiger partial charge in [-0.1, -0.05) is 29.8 Å². The van der Waals surface area contributed by atoms with E-state index in [1.807, 2.05) is 0 Å². The van der Waals surface area contributed by atoms with Crippen molar-refractivity contribution < 1.29 is 9.90 Å². The zero-order valence-electron chi connectivity index (χ0n) is 8.44. The SMILES string of the molecule is O=C(O)N(CC=CCCl)c1cccc(Cl)c1. The number of anilines is 1. The van der Waals surface area contributed by atoms with Gasteiger partial charge in [0.25, 0.3) is 0 Å². The van der Waals surface area contributed by atoms with E-state index in [1.54, 1.807) is 36.4 Å². The fraction of sp³-hybridized carbons (Fsp3) is 0.182. The van der Waals surface area contributed by atoms with Gasteiger partial charge >= 0.3 is 6.09 Å². The van der Waals surface area contributed by atoms with Gasteiger partial charge in [-0.3, -0.25) is 4.90 Å². The van der Waals surface area contributed by atoms with Crippen molar-refractivity contribution in [3.8, 4) is 0 Å². The zero-order valence-corrected chi connectivity index (χ0v) is 9.95. The summed E-state index contributed by atoms with van der Waals surface area (Å²) in [7, 11) is 0. The van der Waals surface area contributed by atoms with Crippen LogP contribution in [0.15, 0.2) is 36.4 Å². The van der Waals surface area contributed by atoms with Crippen molar-refractivity contribution in [1.82, 2.24) is 0 Å². The molecule has 0 saturated carbocycles. The number of carboxylic acid groups (broad SMARTS) is 1. The number of hydrogen-bond acceptors (Lipinski definition) is 1. The van der Waals surface area contributed by atoms with Gasteiger partial charge in [0.2, 0.25) is 0 Å². The van der Waals surface area contributed by atoms with Crippen molar-refractivity contribution in [2.45, 2.75) is 0 Å². The summed E-state index contributed by atoms with van der Waals surface area (Å²) in [4.78, 5) is 12.2. The molecule has 0 atom stereocenters. The maximum Gasteiger partial charge on any atom is 0.412 e. The van der Waals surface area contributed by atoms with Crippen LogP contribution >= 0.6 is 23.2 Å². The predicted molar refractivity (Wildman–Crippen MR) is 66.7 cm³/mol. The van der Waals surface area contributed by atoms with E-state index in [-0.39, 0.29) is 6.54 Å². The summed E-state index contributed by atoms with van der Waals surface area (Å²) in [6.07, 6.45) is 2.37. The number of alkyl halides is 1. The van der Waals surface area contributed by atoms with E-state index in [4.69, 9.17) is 28.3 Å². The molecule has 5 heteroatoms. The highest BCUT2D eigenvalue weighted by molar-refractivity contribution is 6.30. The van der Waals surface area contributed by atoms with Crippen molar-refractivity contribution >= 4 is 35.0 Å². The van der Waals surface area contributed by atoms with Crippen molar-refractivity contribution in [3.63, 3.8) is 0 Å². The minimum absolute atomic E-state index is 0.252. The lowest BCUT2D eigenvalue weighted by atomic mass is 10.3. The van der Waals surface area contributed by atoms with Crippen LogP contribution in [-0.2, 0) is 0 Å². The van der Waals surface area contributed by atoms with Crippen molar-refractivity contribution in [3.05, 3.63) is 41.4 Å². The Morgan fingerprint density at radius 3 is 2.75 bits per heavy atom. The number of carbonyl (C=O) groups is 1. The van der Waals surface area contributed by atoms with Crippen LogP contribution in [0, 0.1) is 0 Å². The number of nitrogens with zero attached hydrogens (tertiary/aromatic N) is 1. The molecule has 0 aliphatic carbocycles. The first-order valence-electron chi connectivity index (χ1n) is 4.62. The lowest BCUT2D eigenvalue weighted by molar-refractivity contribution is 0.202. The highest BCUT2D eigenvalue weighted by Crippen LogP contribution is 2.19. The molecule has 0 bridgehead atoms. The first-order chi connectivity index (χ1) is 7.65. The molecule has 0 fully saturated rings. The number of benzene rings is 1. The van der Waals surface area contributed by atoms with Gasteiger partial charge in [0.1, 0.15) is 0 Å². The smallest absolute Gasteiger partial charge is 0.412 e. The maximum atomic E-state index is 11.0. The van der Waals surface area contributed by atoms with Crippen LogP contribution in [0.5, 0.6) is 0 Å². The van der Waals surface area contributed by atoms with E-state index in [2.05, 4.69) is 0 Å². The molecular weight excluding hydrogens is 249 g/mol. The van der Waals surface area contributed by atoms with Crippen LogP contribution in [0.1, 0.15) is 0 Å². The van der Waals surface area contributed by atoms with Crippen LogP contribution in [0.4, 0.5) is 10.5 Å². The molecule has 0 heterocycles. The second kappa shape index (κ2) is 6.40. The molecule has 1 aromatic rings. The Hall–Kier alpha value is -1.19. The first-order valence-corrected chi connectivity index (χ1v) is 5.53. The average molecular weight is 260 g/mol. The largest absolute Gasteiger partial charge is 0.465 e. The van der Waals surface area contributed by atoms with Crippen molar-refractivity contribution in [2.75, 3.05) is 17.3 Å². The van der Waals surface area contributed by atoms with Gasteiger partial charge in [-0.05, 0) is 18.2 Å². The van der Waals surface area contributed by atoms with Crippen LogP contribution in [-0.4, -0.2) is 23.6 Å². The minimum atomic E-state index is -1.03. The fourth-order valence-corrected chi connectivity index (χ4v) is 1.49. The lowest BCUT2D eigenvalue weighted by Crippen LogP contribution is -2.29. The number of amides is 1. The molecule has 16 heavy (non-hydrogen) atoms. The van der Waals surface area contributed by atoms with Gasteiger partial charge in [-0.25, -0.2) is 4.79 Å². The van der Waals surface area contributed by atoms with Gasteiger partial charge < -0.3 is 5.11 Å². The Bertz CT molecular complexity index is 393. The van der Waals surface area contributed by atoms with Crippen molar-refractivity contribution in [2.24, 2.45) is 0 Å². The average Bonchev–Trinajstić information content (AvgIpc) is 2.24. The molecule has 1 N–H and O–H groups in total. The van der Waals surface area contributed by atoms with Crippen molar-refractivity contribution in [1.29, 1.82) is 0 Å². The maximum absolute atomic E-state index is 11.0. The van der Waals surface area contributed by atoms with E-state index in [9.17, 15) is 4.79 Å². The Labute approximate surface area is 104 Å². The summed E-state index contributed by atoms with van der Waals surface area (Å²) in [5.74, 6) is 0.364. The molecule has 1 rings (SSSR count). The van der Waals surface area contributed by atoms with E-state index in [0.29, 0.717) is 16.6 Å². The Morgan fingerprint density at radius 2 is 2.19 bits per heavy atom. The second-order valence-electron chi connectivity index (χ2n) is 3.00. The molecule has 0 aliphatic heterocycles. The van der Waals surface area contributed by atoms with Gasteiger partial charge in [-0.2, -0.15) is 0 Å². The van der Waals surface area contributed by atoms with Crippen LogP contribution in [0.2, 0.25) is 5.02 Å². The number of allylic oxidation sites excluding steroid dienone is 1. The standard InChI is InChI=1S/C11H11Cl2NO2/c12-6-1-2-7-14(11(15)16)10-5-3-4-9(13)8-10/h1-5,8H,6-7H2,(H,15,16). The molecular formula is C11H11Cl2NO2. The summed E-state index contributed by atoms with van der Waals surface area (Å²) in [5, 5.41) is 9.54. The van der Waals surface area contributed by atoms with Gasteiger partial charge in [-0.15, -0.1) is 11.6 Å². The molecule has 0 radical (unpaired) electrons. The lowest BCUT2D eigenvalue weighted by Gasteiger charge is -2.17. The van der Waals surface area contributed by atoms with Crippen LogP contribution in [0.25, 0.3) is 0 Å². The molecule has 3 nitrogen and oxygen atoms in total. The predicted octanol–water partition coefficient (Wildman–Crippen LogP) is 3.62. The monoisotopic (exact) mass is 259 g/mol. The molecule has 1 aromatic carbocycles. The van der Waals surface area contributed by atoms with Gasteiger partial charge in [0.05, 0.1) is 0 Å². The summed E-state index contributed by atoms with van der Waals surface area (Å²) < 4.78 is 0. The number of halogens is 2. The molecule has 0 spiro atoms. The highest BCUT2D eigenvalue weighted by Gasteiger charge is 2.12. The zero-order chi connectivity index (χ0) is 12.0. The summed E-state index contributed by atoms with van der Waals surface area (Å²) in [5.41, 5.74) is 0.541. The summed E-state index contributed by atoms with van der Waals surface area (Å²) >= 11 is 11.3. The summed E-state index contributed by atoms with van der Waals surface area (Å²) in [6, 6.07) is 6.69.